The summed E-state index contributed by atoms with van der Waals surface area (Å²) in [5.74, 6) is 1.15. The van der Waals surface area contributed by atoms with Crippen LogP contribution in [-0.2, 0) is 6.54 Å². The first-order chi connectivity index (χ1) is 8.93. The number of amidine groups is 1. The van der Waals surface area contributed by atoms with E-state index in [1.165, 1.54) is 11.1 Å². The van der Waals surface area contributed by atoms with Gasteiger partial charge in [-0.15, -0.1) is 0 Å². The Balaban J connectivity index is 2.83. The van der Waals surface area contributed by atoms with Gasteiger partial charge < -0.3 is 10.5 Å². The molecule has 0 aliphatic carbocycles. The molecule has 0 fully saturated rings. The van der Waals surface area contributed by atoms with Gasteiger partial charge in [-0.2, -0.15) is 0 Å². The number of aryl methyl sites for hydroxylation is 1. The van der Waals surface area contributed by atoms with Gasteiger partial charge in [-0.3, -0.25) is 10.3 Å². The average molecular weight is 263 g/mol. The highest BCUT2D eigenvalue weighted by Crippen LogP contribution is 2.22. The number of hydrogen-bond donors (Lipinski definition) is 2. The monoisotopic (exact) mass is 263 g/mol. The first kappa shape index (κ1) is 15.5. The van der Waals surface area contributed by atoms with E-state index in [1.54, 1.807) is 7.11 Å². The van der Waals surface area contributed by atoms with Crippen molar-refractivity contribution in [3.05, 3.63) is 29.3 Å². The maximum absolute atomic E-state index is 7.35. The van der Waals surface area contributed by atoms with E-state index >= 15 is 0 Å². The lowest BCUT2D eigenvalue weighted by molar-refractivity contribution is 0.216. The fraction of sp³-hybridized carbons (Fsp3) is 0.533. The summed E-state index contributed by atoms with van der Waals surface area (Å²) >= 11 is 0. The summed E-state index contributed by atoms with van der Waals surface area (Å²) in [7, 11) is 1.70. The van der Waals surface area contributed by atoms with Crippen LogP contribution in [0.25, 0.3) is 0 Å². The molecule has 4 heteroatoms. The van der Waals surface area contributed by atoms with Crippen molar-refractivity contribution < 1.29 is 4.74 Å². The van der Waals surface area contributed by atoms with Crippen molar-refractivity contribution >= 4 is 5.84 Å². The number of nitrogens with two attached hydrogens (primary N) is 1. The lowest BCUT2D eigenvalue weighted by Crippen LogP contribution is -2.33. The summed E-state index contributed by atoms with van der Waals surface area (Å²) in [4.78, 5) is 2.30. The topological polar surface area (TPSA) is 62.3 Å². The quantitative estimate of drug-likeness (QED) is 0.587. The number of nitrogens with zero attached hydrogens (tertiary/aromatic N) is 1. The van der Waals surface area contributed by atoms with Crippen LogP contribution in [0.15, 0.2) is 18.2 Å². The number of hydrogen-bond acceptors (Lipinski definition) is 3. The average Bonchev–Trinajstić information content (AvgIpc) is 2.34. The second-order valence-electron chi connectivity index (χ2n) is 5.15. The molecule has 0 atom stereocenters. The Bertz CT molecular complexity index is 429. The Kier molecular flexibility index (Phi) is 5.83. The summed E-state index contributed by atoms with van der Waals surface area (Å²) in [5.41, 5.74) is 7.85. The van der Waals surface area contributed by atoms with Gasteiger partial charge in [-0.05, 0) is 26.8 Å². The van der Waals surface area contributed by atoms with Crippen molar-refractivity contribution in [3.8, 4) is 5.75 Å². The van der Waals surface area contributed by atoms with E-state index < -0.39 is 0 Å². The van der Waals surface area contributed by atoms with Crippen LogP contribution in [0.1, 0.15) is 31.4 Å². The molecule has 0 saturated carbocycles. The number of methoxy groups -OCH3 is 1. The summed E-state index contributed by atoms with van der Waals surface area (Å²) in [6.45, 7) is 8.00. The molecule has 0 unspecified atom stereocenters. The summed E-state index contributed by atoms with van der Waals surface area (Å²) in [6.07, 6.45) is 0.603. The van der Waals surface area contributed by atoms with Gasteiger partial charge in [-0.25, -0.2) is 0 Å². The van der Waals surface area contributed by atoms with Crippen molar-refractivity contribution in [3.63, 3.8) is 0 Å². The predicted octanol–water partition coefficient (Wildman–Crippen LogP) is 2.54. The lowest BCUT2D eigenvalue weighted by atomic mass is 10.1. The molecule has 4 nitrogen and oxygen atoms in total. The Hall–Kier alpha value is -1.55. The highest BCUT2D eigenvalue weighted by atomic mass is 16.5. The molecule has 0 saturated heterocycles. The fourth-order valence-corrected chi connectivity index (χ4v) is 2.03. The molecule has 0 amide bonds. The van der Waals surface area contributed by atoms with Gasteiger partial charge in [0, 0.05) is 31.1 Å². The third-order valence-electron chi connectivity index (χ3n) is 3.21. The standard InChI is InChI=1S/C15H25N3O/c1-11(2)18(8-7-15(16)17)10-13-9-12(3)5-6-14(13)19-4/h5-6,9,11H,7-8,10H2,1-4H3,(H3,16,17). The minimum Gasteiger partial charge on any atom is -0.496 e. The molecule has 1 aromatic rings. The Morgan fingerprint density at radius 3 is 2.63 bits per heavy atom. The minimum absolute atomic E-state index is 0.238. The maximum atomic E-state index is 7.35. The molecule has 1 aromatic carbocycles. The van der Waals surface area contributed by atoms with Crippen LogP contribution in [0, 0.1) is 12.3 Å². The molecule has 0 aromatic heterocycles. The van der Waals surface area contributed by atoms with Crippen molar-refractivity contribution in [1.29, 1.82) is 5.41 Å². The summed E-state index contributed by atoms with van der Waals surface area (Å²) in [5, 5.41) is 7.35. The second-order valence-corrected chi connectivity index (χ2v) is 5.15. The van der Waals surface area contributed by atoms with Crippen LogP contribution in [-0.4, -0.2) is 30.4 Å². The van der Waals surface area contributed by atoms with Gasteiger partial charge in [-0.1, -0.05) is 17.7 Å². The van der Waals surface area contributed by atoms with Crippen LogP contribution in [0.2, 0.25) is 0 Å². The zero-order valence-corrected chi connectivity index (χ0v) is 12.4. The van der Waals surface area contributed by atoms with Gasteiger partial charge >= 0.3 is 0 Å². The van der Waals surface area contributed by atoms with E-state index in [4.69, 9.17) is 15.9 Å². The first-order valence-electron chi connectivity index (χ1n) is 6.64. The first-order valence-corrected chi connectivity index (χ1v) is 6.64. The number of rotatable bonds is 7. The normalized spacial score (nSPS) is 11.1. The molecule has 0 bridgehead atoms. The van der Waals surface area contributed by atoms with Gasteiger partial charge in [0.25, 0.3) is 0 Å². The van der Waals surface area contributed by atoms with Crippen LogP contribution >= 0.6 is 0 Å². The van der Waals surface area contributed by atoms with Crippen molar-refractivity contribution in [2.24, 2.45) is 5.73 Å². The molecular weight excluding hydrogens is 238 g/mol. The van der Waals surface area contributed by atoms with Crippen LogP contribution in [0.4, 0.5) is 0 Å². The Morgan fingerprint density at radius 2 is 2.11 bits per heavy atom. The maximum Gasteiger partial charge on any atom is 0.123 e. The highest BCUT2D eigenvalue weighted by Gasteiger charge is 2.13. The molecule has 3 N–H and O–H groups in total. The summed E-state index contributed by atoms with van der Waals surface area (Å²) in [6, 6.07) is 6.62. The zero-order valence-electron chi connectivity index (χ0n) is 12.4. The molecule has 0 aliphatic rings. The number of ether oxygens (including phenoxy) is 1. The van der Waals surface area contributed by atoms with E-state index in [9.17, 15) is 0 Å². The molecule has 0 aliphatic heterocycles. The molecule has 0 spiro atoms. The Morgan fingerprint density at radius 1 is 1.42 bits per heavy atom. The molecule has 19 heavy (non-hydrogen) atoms. The van der Waals surface area contributed by atoms with Crippen molar-refractivity contribution in [1.82, 2.24) is 4.90 Å². The molecule has 1 rings (SSSR count). The third kappa shape index (κ3) is 4.91. The second kappa shape index (κ2) is 7.14. The molecular formula is C15H25N3O. The molecule has 0 heterocycles. The van der Waals surface area contributed by atoms with E-state index in [-0.39, 0.29) is 5.84 Å². The SMILES string of the molecule is COc1ccc(C)cc1CN(CCC(=N)N)C(C)C. The fourth-order valence-electron chi connectivity index (χ4n) is 2.03. The van der Waals surface area contributed by atoms with E-state index in [2.05, 4.69) is 37.8 Å². The largest absolute Gasteiger partial charge is 0.496 e. The molecule has 106 valence electrons. The van der Waals surface area contributed by atoms with Crippen molar-refractivity contribution in [2.45, 2.75) is 39.8 Å². The number of nitrogens with one attached hydrogen (secondary N) is 1. The van der Waals surface area contributed by atoms with Crippen LogP contribution in [0.3, 0.4) is 0 Å². The van der Waals surface area contributed by atoms with Gasteiger partial charge in [0.2, 0.25) is 0 Å². The van der Waals surface area contributed by atoms with E-state index in [0.717, 1.165) is 18.8 Å². The van der Waals surface area contributed by atoms with Crippen molar-refractivity contribution in [2.75, 3.05) is 13.7 Å². The zero-order chi connectivity index (χ0) is 14.4. The van der Waals surface area contributed by atoms with Crippen LogP contribution in [0.5, 0.6) is 5.75 Å². The Labute approximate surface area is 116 Å². The molecule has 0 radical (unpaired) electrons. The highest BCUT2D eigenvalue weighted by molar-refractivity contribution is 5.76. The van der Waals surface area contributed by atoms with Crippen LogP contribution < -0.4 is 10.5 Å². The van der Waals surface area contributed by atoms with E-state index in [1.807, 2.05) is 6.07 Å². The van der Waals surface area contributed by atoms with Gasteiger partial charge in [0.15, 0.2) is 0 Å². The van der Waals surface area contributed by atoms with Gasteiger partial charge in [0.05, 0.1) is 12.9 Å². The predicted molar refractivity (Wildman–Crippen MR) is 79.8 cm³/mol. The lowest BCUT2D eigenvalue weighted by Gasteiger charge is -2.27. The smallest absolute Gasteiger partial charge is 0.123 e. The minimum atomic E-state index is 0.238. The third-order valence-corrected chi connectivity index (χ3v) is 3.21. The van der Waals surface area contributed by atoms with E-state index in [0.29, 0.717) is 12.5 Å². The number of benzene rings is 1. The van der Waals surface area contributed by atoms with Gasteiger partial charge in [0.1, 0.15) is 5.75 Å². The summed E-state index contributed by atoms with van der Waals surface area (Å²) < 4.78 is 5.41.